The zero-order valence-corrected chi connectivity index (χ0v) is 21.5. The summed E-state index contributed by atoms with van der Waals surface area (Å²) in [5.41, 5.74) is 0.297. The summed E-state index contributed by atoms with van der Waals surface area (Å²) in [5.74, 6) is -0.158. The Hall–Kier alpha value is -4.80. The van der Waals surface area contributed by atoms with Crippen LogP contribution in [0.5, 0.6) is 11.5 Å². The predicted molar refractivity (Wildman–Crippen MR) is 144 cm³/mol. The first-order valence-electron chi connectivity index (χ1n) is 12.8. The number of carbonyl (C=O) groups is 2. The number of halogens is 4. The number of aryl methyl sites for hydroxylation is 1. The number of nitrogens with one attached hydrogen (secondary N) is 2. The molecule has 1 fully saturated rings. The maximum absolute atomic E-state index is 14.8. The number of hydrogen-bond acceptors (Lipinski definition) is 5. The van der Waals surface area contributed by atoms with Crippen molar-refractivity contribution in [1.29, 1.82) is 0 Å². The van der Waals surface area contributed by atoms with Gasteiger partial charge in [-0.1, -0.05) is 6.07 Å². The lowest BCUT2D eigenvalue weighted by atomic mass is 10.0. The first kappa shape index (κ1) is 27.8. The molecule has 0 aliphatic heterocycles. The molecular weight excluding hydrogens is 540 g/mol. The molecule has 41 heavy (non-hydrogen) atoms. The molecular formula is C30H24F4N4O3. The lowest BCUT2D eigenvalue weighted by Gasteiger charge is -2.14. The van der Waals surface area contributed by atoms with E-state index in [9.17, 15) is 27.2 Å². The van der Waals surface area contributed by atoms with E-state index in [0.717, 1.165) is 31.0 Å². The Morgan fingerprint density at radius 2 is 1.73 bits per heavy atom. The highest BCUT2D eigenvalue weighted by Gasteiger charge is 2.31. The van der Waals surface area contributed by atoms with E-state index in [1.807, 2.05) is 0 Å². The Kier molecular flexibility index (Phi) is 7.95. The van der Waals surface area contributed by atoms with Gasteiger partial charge in [-0.05, 0) is 67.3 Å². The zero-order valence-electron chi connectivity index (χ0n) is 21.5. The number of rotatable bonds is 9. The number of aromatic nitrogens is 2. The van der Waals surface area contributed by atoms with Gasteiger partial charge in [0.1, 0.15) is 11.5 Å². The van der Waals surface area contributed by atoms with E-state index in [2.05, 4.69) is 20.6 Å². The third kappa shape index (κ3) is 7.44. The Labute approximate surface area is 232 Å². The minimum atomic E-state index is -4.65. The highest BCUT2D eigenvalue weighted by molar-refractivity contribution is 6.00. The monoisotopic (exact) mass is 564 g/mol. The molecule has 0 spiro atoms. The Bertz CT molecular complexity index is 1570. The van der Waals surface area contributed by atoms with Gasteiger partial charge in [-0.2, -0.15) is 13.2 Å². The van der Waals surface area contributed by atoms with E-state index in [4.69, 9.17) is 4.74 Å². The Balaban J connectivity index is 1.24. The fourth-order valence-electron chi connectivity index (χ4n) is 4.16. The number of pyridine rings is 2. The van der Waals surface area contributed by atoms with Crippen molar-refractivity contribution >= 4 is 23.2 Å². The molecule has 5 rings (SSSR count). The number of benzene rings is 2. The topological polar surface area (TPSA) is 93.2 Å². The van der Waals surface area contributed by atoms with Gasteiger partial charge >= 0.3 is 12.2 Å². The number of hydrogen-bond donors (Lipinski definition) is 2. The second-order valence-electron chi connectivity index (χ2n) is 9.59. The van der Waals surface area contributed by atoms with Crippen molar-refractivity contribution < 1.29 is 31.9 Å². The number of urea groups is 1. The van der Waals surface area contributed by atoms with Gasteiger partial charge in [0.05, 0.1) is 5.56 Å². The largest absolute Gasteiger partial charge is 0.454 e. The molecule has 2 heterocycles. The van der Waals surface area contributed by atoms with Gasteiger partial charge in [-0.15, -0.1) is 0 Å². The molecule has 1 aliphatic rings. The molecule has 11 heteroatoms. The third-order valence-electron chi connectivity index (χ3n) is 6.38. The normalized spacial score (nSPS) is 13.0. The molecule has 0 radical (unpaired) electrons. The summed E-state index contributed by atoms with van der Waals surface area (Å²) in [6.07, 6.45) is 2.51. The molecule has 0 unspecified atom stereocenters. The molecule has 1 saturated carbocycles. The van der Waals surface area contributed by atoms with E-state index in [1.54, 1.807) is 24.3 Å². The summed E-state index contributed by atoms with van der Waals surface area (Å²) < 4.78 is 60.9. The van der Waals surface area contributed by atoms with Gasteiger partial charge in [0.25, 0.3) is 0 Å². The van der Waals surface area contributed by atoms with Crippen LogP contribution >= 0.6 is 0 Å². The molecule has 2 amide bonds. The molecule has 210 valence electrons. The number of Topliss-reactive ketones (excluding diaryl/α,β-unsaturated/α-hetero) is 1. The van der Waals surface area contributed by atoms with Crippen LogP contribution in [-0.4, -0.2) is 21.8 Å². The summed E-state index contributed by atoms with van der Waals surface area (Å²) in [5, 5.41) is 4.78. The van der Waals surface area contributed by atoms with Crippen LogP contribution in [-0.2, 0) is 17.4 Å². The molecule has 7 nitrogen and oxygen atoms in total. The predicted octanol–water partition coefficient (Wildman–Crippen LogP) is 7.65. The summed E-state index contributed by atoms with van der Waals surface area (Å²) in [6.45, 7) is 0. The van der Waals surface area contributed by atoms with Crippen LogP contribution in [0, 0.1) is 11.7 Å². The smallest absolute Gasteiger partial charge is 0.416 e. The highest BCUT2D eigenvalue weighted by atomic mass is 19.4. The van der Waals surface area contributed by atoms with E-state index < -0.39 is 23.6 Å². The molecule has 2 aromatic heterocycles. The van der Waals surface area contributed by atoms with Crippen LogP contribution in [0.1, 0.15) is 30.5 Å². The minimum absolute atomic E-state index is 0.0563. The SMILES string of the molecule is O=C(Nc1cc(-c2cccnc2)cc(C(F)(F)F)c1)Nc1ccc(Oc2ccnc(CCC(=O)C3CC3)c2)c(F)c1. The van der Waals surface area contributed by atoms with Gasteiger partial charge in [-0.3, -0.25) is 14.8 Å². The maximum Gasteiger partial charge on any atom is 0.416 e. The second kappa shape index (κ2) is 11.7. The van der Waals surface area contributed by atoms with E-state index in [-0.39, 0.29) is 34.4 Å². The molecule has 1 aliphatic carbocycles. The zero-order chi connectivity index (χ0) is 29.0. The fraction of sp³-hybridized carbons (Fsp3) is 0.200. The Morgan fingerprint density at radius 3 is 2.44 bits per heavy atom. The number of alkyl halides is 3. The van der Waals surface area contributed by atoms with Crippen LogP contribution in [0.15, 0.2) is 79.3 Å². The van der Waals surface area contributed by atoms with Crippen molar-refractivity contribution in [3.8, 4) is 22.6 Å². The first-order valence-corrected chi connectivity index (χ1v) is 12.8. The van der Waals surface area contributed by atoms with Gasteiger partial charge < -0.3 is 15.4 Å². The van der Waals surface area contributed by atoms with Crippen LogP contribution in [0.3, 0.4) is 0 Å². The lowest BCUT2D eigenvalue weighted by Crippen LogP contribution is -2.20. The number of ether oxygens (including phenoxy) is 1. The molecule has 0 saturated heterocycles. The van der Waals surface area contributed by atoms with Gasteiger partial charge in [-0.25, -0.2) is 9.18 Å². The van der Waals surface area contributed by atoms with E-state index >= 15 is 0 Å². The summed E-state index contributed by atoms with van der Waals surface area (Å²) in [6, 6.07) is 12.4. The van der Waals surface area contributed by atoms with Crippen LogP contribution < -0.4 is 15.4 Å². The first-order chi connectivity index (χ1) is 19.6. The summed E-state index contributed by atoms with van der Waals surface area (Å²) in [7, 11) is 0. The van der Waals surface area contributed by atoms with Gasteiger partial charge in [0, 0.05) is 65.7 Å². The van der Waals surface area contributed by atoms with Crippen molar-refractivity contribution in [1.82, 2.24) is 9.97 Å². The van der Waals surface area contributed by atoms with E-state index in [1.165, 1.54) is 36.8 Å². The molecule has 0 bridgehead atoms. The summed E-state index contributed by atoms with van der Waals surface area (Å²) in [4.78, 5) is 32.7. The molecule has 2 N–H and O–H groups in total. The van der Waals surface area contributed by atoms with Crippen molar-refractivity contribution in [3.05, 3.63) is 96.3 Å². The molecule has 2 aromatic carbocycles. The number of amides is 2. The Morgan fingerprint density at radius 1 is 0.927 bits per heavy atom. The van der Waals surface area contributed by atoms with Crippen molar-refractivity contribution in [2.75, 3.05) is 10.6 Å². The lowest BCUT2D eigenvalue weighted by molar-refractivity contribution is -0.137. The van der Waals surface area contributed by atoms with Gasteiger partial charge in [0.15, 0.2) is 11.6 Å². The highest BCUT2D eigenvalue weighted by Crippen LogP contribution is 2.35. The van der Waals surface area contributed by atoms with Crippen LogP contribution in [0.4, 0.5) is 33.7 Å². The fourth-order valence-corrected chi connectivity index (χ4v) is 4.16. The number of ketones is 1. The van der Waals surface area contributed by atoms with Crippen molar-refractivity contribution in [2.24, 2.45) is 5.92 Å². The number of anilines is 2. The average Bonchev–Trinajstić information content (AvgIpc) is 3.79. The van der Waals surface area contributed by atoms with E-state index in [0.29, 0.717) is 29.8 Å². The molecule has 4 aromatic rings. The molecule has 0 atom stereocenters. The standard InChI is InChI=1S/C30H24F4N4O3/c31-26-16-23(6-8-28(26)41-25-9-11-36-22(15-25)5-7-27(39)18-3-4-18)37-29(40)38-24-13-20(19-2-1-10-35-17-19)12-21(14-24)30(32,33)34/h1-2,6,8-18H,3-5,7H2,(H2,37,38,40). The van der Waals surface area contributed by atoms with Crippen molar-refractivity contribution in [2.45, 2.75) is 31.9 Å². The quantitative estimate of drug-likeness (QED) is 0.204. The minimum Gasteiger partial charge on any atom is -0.454 e. The average molecular weight is 565 g/mol. The number of nitrogens with zero attached hydrogens (tertiary/aromatic N) is 2. The third-order valence-corrected chi connectivity index (χ3v) is 6.38. The van der Waals surface area contributed by atoms with Crippen molar-refractivity contribution in [3.63, 3.8) is 0 Å². The summed E-state index contributed by atoms with van der Waals surface area (Å²) >= 11 is 0. The maximum atomic E-state index is 14.8. The van der Waals surface area contributed by atoms with Crippen LogP contribution in [0.2, 0.25) is 0 Å². The van der Waals surface area contributed by atoms with Crippen LogP contribution in [0.25, 0.3) is 11.1 Å². The number of carbonyl (C=O) groups excluding carboxylic acids is 2. The second-order valence-corrected chi connectivity index (χ2v) is 9.59. The van der Waals surface area contributed by atoms with Gasteiger partial charge in [0.2, 0.25) is 0 Å².